The predicted molar refractivity (Wildman–Crippen MR) is 51.9 cm³/mol. The SMILES string of the molecule is Nc1ccc(F)c(F)c1C1C=CCC1. The zero-order valence-electron chi connectivity index (χ0n) is 7.63. The minimum atomic E-state index is -0.825. The molecule has 1 atom stereocenters. The highest BCUT2D eigenvalue weighted by molar-refractivity contribution is 5.51. The van der Waals surface area contributed by atoms with Crippen LogP contribution in [0.4, 0.5) is 14.5 Å². The Morgan fingerprint density at radius 3 is 2.71 bits per heavy atom. The molecule has 0 saturated carbocycles. The smallest absolute Gasteiger partial charge is 0.164 e. The van der Waals surface area contributed by atoms with Gasteiger partial charge in [0.05, 0.1) is 0 Å². The Kier molecular flexibility index (Phi) is 2.23. The van der Waals surface area contributed by atoms with Crippen molar-refractivity contribution in [2.24, 2.45) is 0 Å². The first-order valence-electron chi connectivity index (χ1n) is 4.60. The molecule has 1 nitrogen and oxygen atoms in total. The molecule has 1 aromatic carbocycles. The Hall–Kier alpha value is -1.38. The molecule has 1 aliphatic rings. The second-order valence-electron chi connectivity index (χ2n) is 3.48. The minimum Gasteiger partial charge on any atom is -0.398 e. The molecule has 0 aromatic heterocycles. The number of allylic oxidation sites excluding steroid dienone is 2. The number of nitrogens with two attached hydrogens (primary N) is 1. The Morgan fingerprint density at radius 2 is 2.07 bits per heavy atom. The van der Waals surface area contributed by atoms with Crippen LogP contribution in [0.15, 0.2) is 24.3 Å². The second kappa shape index (κ2) is 3.40. The maximum atomic E-state index is 13.4. The van der Waals surface area contributed by atoms with Gasteiger partial charge >= 0.3 is 0 Å². The van der Waals surface area contributed by atoms with E-state index in [0.717, 1.165) is 18.9 Å². The highest BCUT2D eigenvalue weighted by Gasteiger charge is 2.20. The Bertz CT molecular complexity index is 385. The van der Waals surface area contributed by atoms with Crippen LogP contribution >= 0.6 is 0 Å². The molecule has 2 N–H and O–H groups in total. The first-order chi connectivity index (χ1) is 6.70. The number of rotatable bonds is 1. The fourth-order valence-corrected chi connectivity index (χ4v) is 1.83. The molecule has 0 fully saturated rings. The molecule has 74 valence electrons. The van der Waals surface area contributed by atoms with E-state index in [1.807, 2.05) is 12.2 Å². The van der Waals surface area contributed by atoms with E-state index in [2.05, 4.69) is 0 Å². The maximum absolute atomic E-state index is 13.4. The number of hydrogen-bond donors (Lipinski definition) is 1. The van der Waals surface area contributed by atoms with E-state index in [1.54, 1.807) is 0 Å². The van der Waals surface area contributed by atoms with Crippen molar-refractivity contribution >= 4 is 5.69 Å². The first kappa shape index (κ1) is 9.19. The third-order valence-electron chi connectivity index (χ3n) is 2.55. The molecule has 1 aromatic rings. The zero-order valence-corrected chi connectivity index (χ0v) is 7.63. The van der Waals surface area contributed by atoms with E-state index in [1.165, 1.54) is 6.07 Å². The summed E-state index contributed by atoms with van der Waals surface area (Å²) in [5.41, 5.74) is 6.27. The summed E-state index contributed by atoms with van der Waals surface area (Å²) in [6.45, 7) is 0. The normalized spacial score (nSPS) is 20.3. The van der Waals surface area contributed by atoms with Crippen molar-refractivity contribution in [3.05, 3.63) is 41.5 Å². The average molecular weight is 195 g/mol. The van der Waals surface area contributed by atoms with Gasteiger partial charge in [0.2, 0.25) is 0 Å². The molecule has 1 unspecified atom stereocenters. The van der Waals surface area contributed by atoms with Crippen molar-refractivity contribution in [3.8, 4) is 0 Å². The highest BCUT2D eigenvalue weighted by atomic mass is 19.2. The average Bonchev–Trinajstić information content (AvgIpc) is 2.65. The predicted octanol–water partition coefficient (Wildman–Crippen LogP) is 2.98. The van der Waals surface area contributed by atoms with Crippen LogP contribution in [0, 0.1) is 11.6 Å². The fourth-order valence-electron chi connectivity index (χ4n) is 1.83. The molecule has 0 amide bonds. The minimum absolute atomic E-state index is 0.0642. The van der Waals surface area contributed by atoms with Crippen molar-refractivity contribution in [3.63, 3.8) is 0 Å². The van der Waals surface area contributed by atoms with Crippen LogP contribution < -0.4 is 5.73 Å². The zero-order chi connectivity index (χ0) is 10.1. The summed E-state index contributed by atoms with van der Waals surface area (Å²) in [6.07, 6.45) is 5.56. The van der Waals surface area contributed by atoms with Crippen LogP contribution in [0.25, 0.3) is 0 Å². The van der Waals surface area contributed by atoms with Crippen molar-refractivity contribution in [1.29, 1.82) is 0 Å². The molecular weight excluding hydrogens is 184 g/mol. The van der Waals surface area contributed by atoms with Gasteiger partial charge in [0.15, 0.2) is 11.6 Å². The van der Waals surface area contributed by atoms with Crippen molar-refractivity contribution in [2.45, 2.75) is 18.8 Å². The molecule has 3 heteroatoms. The molecule has 0 aliphatic heterocycles. The molecule has 2 rings (SSSR count). The summed E-state index contributed by atoms with van der Waals surface area (Å²) in [5, 5.41) is 0. The number of halogens is 2. The van der Waals surface area contributed by atoms with Crippen molar-refractivity contribution in [2.75, 3.05) is 5.73 Å². The van der Waals surface area contributed by atoms with E-state index < -0.39 is 11.6 Å². The van der Waals surface area contributed by atoms with Crippen LogP contribution in [-0.4, -0.2) is 0 Å². The molecular formula is C11H11F2N. The Labute approximate surface area is 81.2 Å². The van der Waals surface area contributed by atoms with Gasteiger partial charge in [-0.25, -0.2) is 8.78 Å². The second-order valence-corrected chi connectivity index (χ2v) is 3.48. The quantitative estimate of drug-likeness (QED) is 0.541. The fraction of sp³-hybridized carbons (Fsp3) is 0.273. The van der Waals surface area contributed by atoms with Gasteiger partial charge in [0.1, 0.15) is 0 Å². The highest BCUT2D eigenvalue weighted by Crippen LogP contribution is 2.34. The number of anilines is 1. The molecule has 0 bridgehead atoms. The first-order valence-corrected chi connectivity index (χ1v) is 4.60. The van der Waals surface area contributed by atoms with E-state index in [9.17, 15) is 8.78 Å². The molecule has 14 heavy (non-hydrogen) atoms. The lowest BCUT2D eigenvalue weighted by atomic mass is 9.96. The largest absolute Gasteiger partial charge is 0.398 e. The van der Waals surface area contributed by atoms with Gasteiger partial charge in [0, 0.05) is 17.2 Å². The lowest BCUT2D eigenvalue weighted by molar-refractivity contribution is 0.495. The van der Waals surface area contributed by atoms with E-state index in [-0.39, 0.29) is 5.92 Å². The van der Waals surface area contributed by atoms with Gasteiger partial charge in [-0.1, -0.05) is 12.2 Å². The molecule has 0 heterocycles. The molecule has 0 radical (unpaired) electrons. The lowest BCUT2D eigenvalue weighted by Crippen LogP contribution is -2.04. The number of benzene rings is 1. The molecule has 0 spiro atoms. The summed E-state index contributed by atoms with van der Waals surface area (Å²) in [5.74, 6) is -1.69. The summed E-state index contributed by atoms with van der Waals surface area (Å²) in [4.78, 5) is 0. The van der Waals surface area contributed by atoms with E-state index in [0.29, 0.717) is 11.3 Å². The molecule has 1 aliphatic carbocycles. The third-order valence-corrected chi connectivity index (χ3v) is 2.55. The maximum Gasteiger partial charge on any atom is 0.164 e. The monoisotopic (exact) mass is 195 g/mol. The third kappa shape index (κ3) is 1.39. The Morgan fingerprint density at radius 1 is 1.29 bits per heavy atom. The number of hydrogen-bond acceptors (Lipinski definition) is 1. The number of nitrogen functional groups attached to an aromatic ring is 1. The summed E-state index contributed by atoms with van der Waals surface area (Å²) < 4.78 is 26.4. The van der Waals surface area contributed by atoms with Gasteiger partial charge in [0.25, 0.3) is 0 Å². The summed E-state index contributed by atoms with van der Waals surface area (Å²) >= 11 is 0. The standard InChI is InChI=1S/C11H11F2N/c12-8-5-6-9(14)10(11(8)13)7-3-1-2-4-7/h1,3,5-7H,2,4,14H2. The van der Waals surface area contributed by atoms with Crippen LogP contribution in [0.2, 0.25) is 0 Å². The van der Waals surface area contributed by atoms with Gasteiger partial charge in [-0.05, 0) is 25.0 Å². The van der Waals surface area contributed by atoms with Gasteiger partial charge in [-0.3, -0.25) is 0 Å². The topological polar surface area (TPSA) is 26.0 Å². The van der Waals surface area contributed by atoms with E-state index >= 15 is 0 Å². The van der Waals surface area contributed by atoms with Crippen molar-refractivity contribution in [1.82, 2.24) is 0 Å². The van der Waals surface area contributed by atoms with E-state index in [4.69, 9.17) is 5.73 Å². The van der Waals surface area contributed by atoms with Crippen LogP contribution in [0.3, 0.4) is 0 Å². The molecule has 0 saturated heterocycles. The van der Waals surface area contributed by atoms with Gasteiger partial charge in [-0.2, -0.15) is 0 Å². The van der Waals surface area contributed by atoms with Crippen molar-refractivity contribution < 1.29 is 8.78 Å². The Balaban J connectivity index is 2.50. The lowest BCUT2D eigenvalue weighted by Gasteiger charge is -2.12. The van der Waals surface area contributed by atoms with Crippen LogP contribution in [0.5, 0.6) is 0 Å². The van der Waals surface area contributed by atoms with Crippen LogP contribution in [0.1, 0.15) is 24.3 Å². The van der Waals surface area contributed by atoms with Crippen LogP contribution in [-0.2, 0) is 0 Å². The van der Waals surface area contributed by atoms with Gasteiger partial charge in [-0.15, -0.1) is 0 Å². The summed E-state index contributed by atoms with van der Waals surface area (Å²) in [7, 11) is 0. The summed E-state index contributed by atoms with van der Waals surface area (Å²) in [6, 6.07) is 2.48. The van der Waals surface area contributed by atoms with Gasteiger partial charge < -0.3 is 5.73 Å².